The van der Waals surface area contributed by atoms with E-state index in [-0.39, 0.29) is 0 Å². The van der Waals surface area contributed by atoms with Gasteiger partial charge in [-0.05, 0) is 38.1 Å². The summed E-state index contributed by atoms with van der Waals surface area (Å²) in [4.78, 5) is 0. The molecule has 1 saturated carbocycles. The summed E-state index contributed by atoms with van der Waals surface area (Å²) in [5.41, 5.74) is 0.331. The van der Waals surface area contributed by atoms with Gasteiger partial charge in [-0.1, -0.05) is 13.8 Å². The van der Waals surface area contributed by atoms with E-state index in [4.69, 9.17) is 4.74 Å². The molecular weight excluding hydrogens is 162 g/mol. The summed E-state index contributed by atoms with van der Waals surface area (Å²) in [6.45, 7) is 9.47. The lowest BCUT2D eigenvalue weighted by atomic mass is 9.90. The van der Waals surface area contributed by atoms with Crippen LogP contribution in [0.1, 0.15) is 40.0 Å². The third-order valence-corrected chi connectivity index (χ3v) is 2.51. The van der Waals surface area contributed by atoms with Crippen molar-refractivity contribution in [3.8, 4) is 0 Å². The zero-order valence-corrected chi connectivity index (χ0v) is 9.23. The molecule has 0 aliphatic heterocycles. The minimum Gasteiger partial charge on any atom is -0.381 e. The molecule has 0 amide bonds. The smallest absolute Gasteiger partial charge is 0.0517 e. The standard InChI is InChI=1S/C11H23NO/c1-4-13-9-11(2,3)7-8-12-10-5-6-10/h10,12H,4-9H2,1-3H3. The van der Waals surface area contributed by atoms with Crippen molar-refractivity contribution in [2.45, 2.75) is 46.1 Å². The molecule has 0 radical (unpaired) electrons. The first-order valence-electron chi connectivity index (χ1n) is 5.45. The lowest BCUT2D eigenvalue weighted by molar-refractivity contribution is 0.0661. The molecule has 1 aliphatic rings. The van der Waals surface area contributed by atoms with E-state index in [2.05, 4.69) is 26.1 Å². The highest BCUT2D eigenvalue weighted by Crippen LogP contribution is 2.22. The van der Waals surface area contributed by atoms with Crippen molar-refractivity contribution in [2.75, 3.05) is 19.8 Å². The van der Waals surface area contributed by atoms with Crippen LogP contribution in [0.15, 0.2) is 0 Å². The zero-order valence-electron chi connectivity index (χ0n) is 9.23. The molecule has 0 saturated heterocycles. The third kappa shape index (κ3) is 5.27. The van der Waals surface area contributed by atoms with Gasteiger partial charge in [0.15, 0.2) is 0 Å². The van der Waals surface area contributed by atoms with Crippen molar-refractivity contribution in [3.05, 3.63) is 0 Å². The van der Waals surface area contributed by atoms with Gasteiger partial charge in [0, 0.05) is 12.6 Å². The Morgan fingerprint density at radius 3 is 2.62 bits per heavy atom. The fraction of sp³-hybridized carbons (Fsp3) is 1.00. The zero-order chi connectivity index (χ0) is 9.73. The minimum atomic E-state index is 0.331. The van der Waals surface area contributed by atoms with Crippen LogP contribution in [-0.2, 0) is 4.74 Å². The molecule has 0 spiro atoms. The van der Waals surface area contributed by atoms with Crippen LogP contribution in [0.2, 0.25) is 0 Å². The van der Waals surface area contributed by atoms with Gasteiger partial charge in [-0.2, -0.15) is 0 Å². The Morgan fingerprint density at radius 2 is 2.08 bits per heavy atom. The SMILES string of the molecule is CCOCC(C)(C)CCNC1CC1. The average molecular weight is 185 g/mol. The maximum atomic E-state index is 5.44. The van der Waals surface area contributed by atoms with Crippen LogP contribution in [-0.4, -0.2) is 25.8 Å². The summed E-state index contributed by atoms with van der Waals surface area (Å²) in [5, 5.41) is 3.53. The molecule has 2 heteroatoms. The highest BCUT2D eigenvalue weighted by molar-refractivity contribution is 4.81. The molecule has 2 nitrogen and oxygen atoms in total. The third-order valence-electron chi connectivity index (χ3n) is 2.51. The molecule has 0 aromatic heterocycles. The molecule has 0 unspecified atom stereocenters. The molecule has 0 aromatic rings. The number of hydrogen-bond acceptors (Lipinski definition) is 2. The Balaban J connectivity index is 2.01. The average Bonchev–Trinajstić information content (AvgIpc) is 2.84. The first kappa shape index (κ1) is 11.0. The maximum absolute atomic E-state index is 5.44. The monoisotopic (exact) mass is 185 g/mol. The van der Waals surface area contributed by atoms with Gasteiger partial charge in [-0.15, -0.1) is 0 Å². The summed E-state index contributed by atoms with van der Waals surface area (Å²) in [6, 6.07) is 0.836. The van der Waals surface area contributed by atoms with Gasteiger partial charge in [-0.3, -0.25) is 0 Å². The second kappa shape index (κ2) is 4.97. The molecule has 0 aromatic carbocycles. The first-order chi connectivity index (χ1) is 6.14. The fourth-order valence-electron chi connectivity index (χ4n) is 1.35. The Kier molecular flexibility index (Phi) is 4.20. The van der Waals surface area contributed by atoms with Crippen LogP contribution >= 0.6 is 0 Å². The van der Waals surface area contributed by atoms with Crippen LogP contribution in [0, 0.1) is 5.41 Å². The molecule has 1 N–H and O–H groups in total. The van der Waals surface area contributed by atoms with Gasteiger partial charge in [0.1, 0.15) is 0 Å². The van der Waals surface area contributed by atoms with Crippen molar-refractivity contribution in [2.24, 2.45) is 5.41 Å². The molecule has 0 atom stereocenters. The summed E-state index contributed by atoms with van der Waals surface area (Å²) in [5.74, 6) is 0. The largest absolute Gasteiger partial charge is 0.381 e. The molecule has 0 bridgehead atoms. The molecule has 78 valence electrons. The Labute approximate surface area is 82.0 Å². The van der Waals surface area contributed by atoms with Gasteiger partial charge in [-0.25, -0.2) is 0 Å². The molecule has 0 heterocycles. The topological polar surface area (TPSA) is 21.3 Å². The van der Waals surface area contributed by atoms with Gasteiger partial charge in [0.2, 0.25) is 0 Å². The molecule has 1 rings (SSSR count). The van der Waals surface area contributed by atoms with Crippen LogP contribution in [0.25, 0.3) is 0 Å². The van der Waals surface area contributed by atoms with Crippen molar-refractivity contribution in [1.82, 2.24) is 5.32 Å². The van der Waals surface area contributed by atoms with E-state index in [1.54, 1.807) is 0 Å². The molecule has 1 aliphatic carbocycles. The minimum absolute atomic E-state index is 0.331. The van der Waals surface area contributed by atoms with Crippen molar-refractivity contribution < 1.29 is 4.74 Å². The lowest BCUT2D eigenvalue weighted by Crippen LogP contribution is -2.27. The van der Waals surface area contributed by atoms with E-state index in [9.17, 15) is 0 Å². The highest BCUT2D eigenvalue weighted by atomic mass is 16.5. The Bertz CT molecular complexity index is 141. The molecule has 1 fully saturated rings. The maximum Gasteiger partial charge on any atom is 0.0517 e. The van der Waals surface area contributed by atoms with E-state index in [0.29, 0.717) is 5.41 Å². The number of rotatable bonds is 7. The number of ether oxygens (including phenoxy) is 1. The van der Waals surface area contributed by atoms with Crippen LogP contribution in [0.5, 0.6) is 0 Å². The number of nitrogens with one attached hydrogen (secondary N) is 1. The molecular formula is C11H23NO. The number of hydrogen-bond donors (Lipinski definition) is 1. The van der Waals surface area contributed by atoms with Crippen molar-refractivity contribution in [1.29, 1.82) is 0 Å². The van der Waals surface area contributed by atoms with E-state index in [1.165, 1.54) is 19.3 Å². The summed E-state index contributed by atoms with van der Waals surface area (Å²) in [7, 11) is 0. The summed E-state index contributed by atoms with van der Waals surface area (Å²) >= 11 is 0. The van der Waals surface area contributed by atoms with Crippen LogP contribution in [0.3, 0.4) is 0 Å². The quantitative estimate of drug-likeness (QED) is 0.656. The lowest BCUT2D eigenvalue weighted by Gasteiger charge is -2.24. The predicted octanol–water partition coefficient (Wildman–Crippen LogP) is 2.19. The summed E-state index contributed by atoms with van der Waals surface area (Å²) in [6.07, 6.45) is 3.97. The predicted molar refractivity (Wildman–Crippen MR) is 55.9 cm³/mol. The van der Waals surface area contributed by atoms with E-state index in [1.807, 2.05) is 0 Å². The molecule has 13 heavy (non-hydrogen) atoms. The Hall–Kier alpha value is -0.0800. The van der Waals surface area contributed by atoms with E-state index < -0.39 is 0 Å². The first-order valence-corrected chi connectivity index (χ1v) is 5.45. The van der Waals surface area contributed by atoms with E-state index in [0.717, 1.165) is 25.8 Å². The van der Waals surface area contributed by atoms with Crippen LogP contribution in [0.4, 0.5) is 0 Å². The second-order valence-electron chi connectivity index (χ2n) is 4.78. The van der Waals surface area contributed by atoms with Crippen LogP contribution < -0.4 is 5.32 Å². The van der Waals surface area contributed by atoms with Gasteiger partial charge >= 0.3 is 0 Å². The van der Waals surface area contributed by atoms with Crippen molar-refractivity contribution >= 4 is 0 Å². The normalized spacial score (nSPS) is 17.8. The van der Waals surface area contributed by atoms with Gasteiger partial charge in [0.05, 0.1) is 6.61 Å². The second-order valence-corrected chi connectivity index (χ2v) is 4.78. The van der Waals surface area contributed by atoms with Gasteiger partial charge < -0.3 is 10.1 Å². The fourth-order valence-corrected chi connectivity index (χ4v) is 1.35. The highest BCUT2D eigenvalue weighted by Gasteiger charge is 2.22. The van der Waals surface area contributed by atoms with E-state index >= 15 is 0 Å². The summed E-state index contributed by atoms with van der Waals surface area (Å²) < 4.78 is 5.44. The Morgan fingerprint density at radius 1 is 1.38 bits per heavy atom. The van der Waals surface area contributed by atoms with Crippen molar-refractivity contribution in [3.63, 3.8) is 0 Å². The van der Waals surface area contributed by atoms with Gasteiger partial charge in [0.25, 0.3) is 0 Å².